The zero-order chi connectivity index (χ0) is 13.4. The van der Waals surface area contributed by atoms with Crippen LogP contribution in [0.25, 0.3) is 0 Å². The van der Waals surface area contributed by atoms with Crippen LogP contribution in [0.15, 0.2) is 0 Å². The third-order valence-electron chi connectivity index (χ3n) is 5.02. The summed E-state index contributed by atoms with van der Waals surface area (Å²) in [4.78, 5) is 9.64. The zero-order valence-electron chi connectivity index (χ0n) is 12.4. The smallest absolute Gasteiger partial charge is 0.134 e. The Labute approximate surface area is 116 Å². The summed E-state index contributed by atoms with van der Waals surface area (Å²) < 4.78 is 0. The van der Waals surface area contributed by atoms with Crippen molar-refractivity contribution in [3.8, 4) is 0 Å². The first-order valence-corrected chi connectivity index (χ1v) is 7.78. The van der Waals surface area contributed by atoms with Crippen LogP contribution in [0, 0.1) is 25.7 Å². The van der Waals surface area contributed by atoms with E-state index in [4.69, 9.17) is 9.97 Å². The van der Waals surface area contributed by atoms with Gasteiger partial charge in [0.2, 0.25) is 0 Å². The summed E-state index contributed by atoms with van der Waals surface area (Å²) in [5.41, 5.74) is 2.35. The topological polar surface area (TPSA) is 37.8 Å². The van der Waals surface area contributed by atoms with Crippen LogP contribution in [-0.4, -0.2) is 16.5 Å². The molecule has 3 unspecified atom stereocenters. The molecule has 1 aromatic rings. The maximum absolute atomic E-state index is 4.85. The van der Waals surface area contributed by atoms with E-state index in [9.17, 15) is 0 Å². The predicted molar refractivity (Wildman–Crippen MR) is 78.5 cm³/mol. The minimum absolute atomic E-state index is 0.625. The Kier molecular flexibility index (Phi) is 3.46. The van der Waals surface area contributed by atoms with Gasteiger partial charge in [0.15, 0.2) is 0 Å². The fourth-order valence-corrected chi connectivity index (χ4v) is 3.79. The van der Waals surface area contributed by atoms with Gasteiger partial charge in [0.05, 0.1) is 0 Å². The number of aryl methyl sites for hydroxylation is 1. The SMILES string of the molecule is CCCNc1nc(C2CC3CCC2C3)nc(C)c1C. The molecule has 0 amide bonds. The van der Waals surface area contributed by atoms with Crippen LogP contribution in [0.2, 0.25) is 0 Å². The summed E-state index contributed by atoms with van der Waals surface area (Å²) in [6, 6.07) is 0. The van der Waals surface area contributed by atoms with Crippen molar-refractivity contribution < 1.29 is 0 Å². The third-order valence-corrected chi connectivity index (χ3v) is 5.02. The van der Waals surface area contributed by atoms with Crippen LogP contribution in [0.3, 0.4) is 0 Å². The second kappa shape index (κ2) is 5.10. The molecule has 2 saturated carbocycles. The number of anilines is 1. The molecular formula is C16H25N3. The van der Waals surface area contributed by atoms with Crippen LogP contribution in [0.4, 0.5) is 5.82 Å². The van der Waals surface area contributed by atoms with Crippen molar-refractivity contribution in [2.24, 2.45) is 11.8 Å². The van der Waals surface area contributed by atoms with Crippen LogP contribution in [-0.2, 0) is 0 Å². The van der Waals surface area contributed by atoms with Crippen molar-refractivity contribution in [2.75, 3.05) is 11.9 Å². The van der Waals surface area contributed by atoms with Gasteiger partial charge in [0.25, 0.3) is 0 Å². The molecule has 1 N–H and O–H groups in total. The molecule has 19 heavy (non-hydrogen) atoms. The molecule has 2 bridgehead atoms. The van der Waals surface area contributed by atoms with E-state index >= 15 is 0 Å². The summed E-state index contributed by atoms with van der Waals surface area (Å²) >= 11 is 0. The van der Waals surface area contributed by atoms with Crippen molar-refractivity contribution in [3.05, 3.63) is 17.1 Å². The molecule has 104 valence electrons. The van der Waals surface area contributed by atoms with Gasteiger partial charge in [-0.3, -0.25) is 0 Å². The molecule has 2 aliphatic carbocycles. The molecule has 3 nitrogen and oxygen atoms in total. The highest BCUT2D eigenvalue weighted by Crippen LogP contribution is 2.52. The van der Waals surface area contributed by atoms with Gasteiger partial charge in [-0.2, -0.15) is 0 Å². The number of fused-ring (bicyclic) bond motifs is 2. The fourth-order valence-electron chi connectivity index (χ4n) is 3.79. The Balaban J connectivity index is 1.87. The molecule has 2 aliphatic rings. The summed E-state index contributed by atoms with van der Waals surface area (Å²) in [6.07, 6.45) is 6.70. The minimum Gasteiger partial charge on any atom is -0.370 e. The highest BCUT2D eigenvalue weighted by Gasteiger charge is 2.41. The lowest BCUT2D eigenvalue weighted by atomic mass is 9.88. The molecule has 0 aliphatic heterocycles. The Bertz CT molecular complexity index is 469. The number of rotatable bonds is 4. The van der Waals surface area contributed by atoms with Gasteiger partial charge in [-0.15, -0.1) is 0 Å². The van der Waals surface area contributed by atoms with Gasteiger partial charge >= 0.3 is 0 Å². The number of hydrogen-bond donors (Lipinski definition) is 1. The number of nitrogens with zero attached hydrogens (tertiary/aromatic N) is 2. The van der Waals surface area contributed by atoms with Gasteiger partial charge in [-0.1, -0.05) is 13.3 Å². The Morgan fingerprint density at radius 3 is 2.63 bits per heavy atom. The second-order valence-electron chi connectivity index (χ2n) is 6.35. The highest BCUT2D eigenvalue weighted by molar-refractivity contribution is 5.45. The minimum atomic E-state index is 0.625. The normalized spacial score (nSPS) is 28.9. The third kappa shape index (κ3) is 2.35. The van der Waals surface area contributed by atoms with E-state index in [2.05, 4.69) is 26.1 Å². The van der Waals surface area contributed by atoms with Crippen molar-refractivity contribution >= 4 is 5.82 Å². The molecule has 2 fully saturated rings. The average molecular weight is 259 g/mol. The van der Waals surface area contributed by atoms with E-state index in [-0.39, 0.29) is 0 Å². The van der Waals surface area contributed by atoms with Gasteiger partial charge in [-0.25, -0.2) is 9.97 Å². The van der Waals surface area contributed by atoms with Gasteiger partial charge < -0.3 is 5.32 Å². The monoisotopic (exact) mass is 259 g/mol. The predicted octanol–water partition coefficient (Wildman–Crippen LogP) is 3.82. The van der Waals surface area contributed by atoms with E-state index < -0.39 is 0 Å². The standard InChI is InChI=1S/C16H25N3/c1-4-7-17-15-10(2)11(3)18-16(19-15)14-9-12-5-6-13(14)8-12/h12-14H,4-9H2,1-3H3,(H,17,18,19). The summed E-state index contributed by atoms with van der Waals surface area (Å²) in [5, 5.41) is 3.46. The molecule has 3 atom stereocenters. The number of aromatic nitrogens is 2. The fraction of sp³-hybridized carbons (Fsp3) is 0.750. The maximum atomic E-state index is 4.85. The summed E-state index contributed by atoms with van der Waals surface area (Å²) in [5.74, 6) is 4.60. The van der Waals surface area contributed by atoms with Crippen LogP contribution >= 0.6 is 0 Å². The first-order chi connectivity index (χ1) is 9.19. The van der Waals surface area contributed by atoms with Crippen molar-refractivity contribution in [1.82, 2.24) is 9.97 Å². The van der Waals surface area contributed by atoms with Crippen LogP contribution in [0.1, 0.15) is 62.0 Å². The molecule has 0 aromatic carbocycles. The molecule has 0 saturated heterocycles. The number of hydrogen-bond acceptors (Lipinski definition) is 3. The van der Waals surface area contributed by atoms with Gasteiger partial charge in [-0.05, 0) is 51.4 Å². The van der Waals surface area contributed by atoms with Gasteiger partial charge in [0.1, 0.15) is 11.6 Å². The van der Waals surface area contributed by atoms with E-state index in [1.165, 1.54) is 31.2 Å². The van der Waals surface area contributed by atoms with Crippen molar-refractivity contribution in [1.29, 1.82) is 0 Å². The second-order valence-corrected chi connectivity index (χ2v) is 6.35. The molecular weight excluding hydrogens is 234 g/mol. The van der Waals surface area contributed by atoms with Crippen LogP contribution in [0.5, 0.6) is 0 Å². The first-order valence-electron chi connectivity index (χ1n) is 7.78. The van der Waals surface area contributed by atoms with E-state index in [1.807, 2.05) is 0 Å². The Morgan fingerprint density at radius 2 is 2.00 bits per heavy atom. The average Bonchev–Trinajstić information content (AvgIpc) is 3.02. The zero-order valence-corrected chi connectivity index (χ0v) is 12.4. The van der Waals surface area contributed by atoms with Crippen molar-refractivity contribution in [3.63, 3.8) is 0 Å². The Morgan fingerprint density at radius 1 is 1.16 bits per heavy atom. The lowest BCUT2D eigenvalue weighted by molar-refractivity contribution is 0.405. The lowest BCUT2D eigenvalue weighted by Crippen LogP contribution is -2.15. The van der Waals surface area contributed by atoms with E-state index in [0.29, 0.717) is 5.92 Å². The number of nitrogens with one attached hydrogen (secondary N) is 1. The molecule has 0 spiro atoms. The van der Waals surface area contributed by atoms with Crippen molar-refractivity contribution in [2.45, 2.75) is 58.8 Å². The molecule has 3 heteroatoms. The van der Waals surface area contributed by atoms with E-state index in [0.717, 1.165) is 42.1 Å². The quantitative estimate of drug-likeness (QED) is 0.893. The van der Waals surface area contributed by atoms with Crippen LogP contribution < -0.4 is 5.32 Å². The summed E-state index contributed by atoms with van der Waals surface area (Å²) in [6.45, 7) is 7.42. The maximum Gasteiger partial charge on any atom is 0.134 e. The Hall–Kier alpha value is -1.12. The molecule has 0 radical (unpaired) electrons. The van der Waals surface area contributed by atoms with Gasteiger partial charge in [0, 0.05) is 23.7 Å². The lowest BCUT2D eigenvalue weighted by Gasteiger charge is -2.22. The molecule has 1 heterocycles. The molecule has 3 rings (SSSR count). The summed E-state index contributed by atoms with van der Waals surface area (Å²) in [7, 11) is 0. The van der Waals surface area contributed by atoms with E-state index in [1.54, 1.807) is 0 Å². The highest BCUT2D eigenvalue weighted by atomic mass is 15.0. The largest absolute Gasteiger partial charge is 0.370 e. The molecule has 1 aromatic heterocycles. The first kappa shape index (κ1) is 12.9.